The van der Waals surface area contributed by atoms with Crippen LogP contribution < -0.4 is 5.32 Å². The number of carboxylic acid groups (broad SMARTS) is 1. The summed E-state index contributed by atoms with van der Waals surface area (Å²) in [6, 6.07) is 19.2. The van der Waals surface area contributed by atoms with Crippen LogP contribution >= 0.6 is 15.9 Å². The van der Waals surface area contributed by atoms with Gasteiger partial charge in [0.25, 0.3) is 5.91 Å². The lowest BCUT2D eigenvalue weighted by molar-refractivity contribution is -0.137. The first-order valence-corrected chi connectivity index (χ1v) is 11.8. The number of rotatable bonds is 7. The summed E-state index contributed by atoms with van der Waals surface area (Å²) in [4.78, 5) is 33.6. The second kappa shape index (κ2) is 10.1. The van der Waals surface area contributed by atoms with Crippen molar-refractivity contribution in [3.63, 3.8) is 0 Å². The molecule has 0 spiro atoms. The standard InChI is InChI=1S/C27H24BrN3O3/c1-16(8-13-24(32)33)22-12-10-20(15-29-22)30-27(34)25-17(2)26(18-6-4-3-5-7-18)31-23-11-9-19(28)14-21(23)25/h3-7,9-12,14-16H,8,13H2,1-2H3,(H,30,34)(H,32,33). The van der Waals surface area contributed by atoms with Crippen molar-refractivity contribution < 1.29 is 14.7 Å². The van der Waals surface area contributed by atoms with Gasteiger partial charge in [0.05, 0.1) is 28.7 Å². The summed E-state index contributed by atoms with van der Waals surface area (Å²) < 4.78 is 0.865. The predicted molar refractivity (Wildman–Crippen MR) is 137 cm³/mol. The largest absolute Gasteiger partial charge is 0.481 e. The highest BCUT2D eigenvalue weighted by atomic mass is 79.9. The molecule has 34 heavy (non-hydrogen) atoms. The number of carbonyl (C=O) groups is 2. The van der Waals surface area contributed by atoms with Crippen LogP contribution in [0.25, 0.3) is 22.2 Å². The average Bonchev–Trinajstić information content (AvgIpc) is 2.83. The molecule has 0 saturated carbocycles. The van der Waals surface area contributed by atoms with Crippen molar-refractivity contribution in [3.8, 4) is 11.3 Å². The maximum atomic E-state index is 13.5. The van der Waals surface area contributed by atoms with E-state index in [4.69, 9.17) is 10.1 Å². The molecule has 2 heterocycles. The SMILES string of the molecule is Cc1c(-c2ccccc2)nc2ccc(Br)cc2c1C(=O)Nc1ccc(C(C)CCC(=O)O)nc1. The number of pyridine rings is 2. The third-order valence-electron chi connectivity index (χ3n) is 5.81. The van der Waals surface area contributed by atoms with E-state index >= 15 is 0 Å². The minimum atomic E-state index is -0.822. The molecule has 0 aliphatic carbocycles. The van der Waals surface area contributed by atoms with Crippen LogP contribution in [-0.4, -0.2) is 27.0 Å². The lowest BCUT2D eigenvalue weighted by atomic mass is 9.97. The van der Waals surface area contributed by atoms with Gasteiger partial charge in [0.2, 0.25) is 0 Å². The van der Waals surface area contributed by atoms with Crippen molar-refractivity contribution in [2.75, 3.05) is 5.32 Å². The topological polar surface area (TPSA) is 92.2 Å². The van der Waals surface area contributed by atoms with E-state index in [0.717, 1.165) is 37.9 Å². The number of aliphatic carboxylic acids is 1. The Morgan fingerprint density at radius 1 is 1.09 bits per heavy atom. The highest BCUT2D eigenvalue weighted by Crippen LogP contribution is 2.32. The van der Waals surface area contributed by atoms with Gasteiger partial charge in [-0.05, 0) is 55.2 Å². The van der Waals surface area contributed by atoms with Crippen molar-refractivity contribution in [2.45, 2.75) is 32.6 Å². The van der Waals surface area contributed by atoms with Crippen molar-refractivity contribution >= 4 is 44.4 Å². The number of nitrogens with zero attached hydrogens (tertiary/aromatic N) is 2. The van der Waals surface area contributed by atoms with E-state index in [1.54, 1.807) is 12.3 Å². The Hall–Kier alpha value is -3.58. The summed E-state index contributed by atoms with van der Waals surface area (Å²) in [5.74, 6) is -1.05. The molecule has 0 fully saturated rings. The van der Waals surface area contributed by atoms with Gasteiger partial charge >= 0.3 is 5.97 Å². The molecule has 1 atom stereocenters. The third kappa shape index (κ3) is 5.15. The Labute approximate surface area is 206 Å². The molecule has 172 valence electrons. The van der Waals surface area contributed by atoms with Gasteiger partial charge in [0.15, 0.2) is 0 Å². The zero-order valence-corrected chi connectivity index (χ0v) is 20.5. The molecule has 1 unspecified atom stereocenters. The van der Waals surface area contributed by atoms with Crippen molar-refractivity contribution in [1.82, 2.24) is 9.97 Å². The van der Waals surface area contributed by atoms with Gasteiger partial charge in [-0.15, -0.1) is 0 Å². The fourth-order valence-corrected chi connectivity index (χ4v) is 4.31. The molecule has 4 rings (SSSR count). The number of hydrogen-bond acceptors (Lipinski definition) is 4. The van der Waals surface area contributed by atoms with Gasteiger partial charge in [0, 0.05) is 27.5 Å². The van der Waals surface area contributed by atoms with Crippen LogP contribution in [0.1, 0.15) is 47.3 Å². The number of carbonyl (C=O) groups excluding carboxylic acids is 1. The lowest BCUT2D eigenvalue weighted by Crippen LogP contribution is -2.15. The molecule has 1 amide bonds. The third-order valence-corrected chi connectivity index (χ3v) is 6.30. The number of aromatic nitrogens is 2. The van der Waals surface area contributed by atoms with Crippen LogP contribution in [0, 0.1) is 6.92 Å². The molecular formula is C27H24BrN3O3. The molecule has 0 aliphatic heterocycles. The van der Waals surface area contributed by atoms with E-state index in [1.807, 2.05) is 68.4 Å². The van der Waals surface area contributed by atoms with E-state index in [9.17, 15) is 9.59 Å². The van der Waals surface area contributed by atoms with Crippen LogP contribution in [0.5, 0.6) is 0 Å². The van der Waals surface area contributed by atoms with Crippen LogP contribution in [0.3, 0.4) is 0 Å². The molecule has 0 radical (unpaired) electrons. The second-order valence-corrected chi connectivity index (χ2v) is 9.16. The Morgan fingerprint density at radius 2 is 1.85 bits per heavy atom. The number of hydrogen-bond donors (Lipinski definition) is 2. The molecule has 2 N–H and O–H groups in total. The Balaban J connectivity index is 1.67. The van der Waals surface area contributed by atoms with E-state index in [2.05, 4.69) is 26.2 Å². The zero-order chi connectivity index (χ0) is 24.2. The van der Waals surface area contributed by atoms with Gasteiger partial charge in [-0.3, -0.25) is 14.6 Å². The molecule has 2 aromatic heterocycles. The number of amides is 1. The number of carboxylic acids is 1. The zero-order valence-electron chi connectivity index (χ0n) is 18.9. The summed E-state index contributed by atoms with van der Waals surface area (Å²) in [5, 5.41) is 12.6. The number of fused-ring (bicyclic) bond motifs is 1. The van der Waals surface area contributed by atoms with Crippen molar-refractivity contribution in [1.29, 1.82) is 0 Å². The number of halogens is 1. The van der Waals surface area contributed by atoms with Gasteiger partial charge in [0.1, 0.15) is 0 Å². The van der Waals surface area contributed by atoms with Gasteiger partial charge in [-0.1, -0.05) is 53.2 Å². The predicted octanol–water partition coefficient (Wildman–Crippen LogP) is 6.59. The monoisotopic (exact) mass is 517 g/mol. The first kappa shape index (κ1) is 23.6. The van der Waals surface area contributed by atoms with E-state index in [-0.39, 0.29) is 18.2 Å². The minimum Gasteiger partial charge on any atom is -0.481 e. The number of anilines is 1. The minimum absolute atomic E-state index is 0.0121. The summed E-state index contributed by atoms with van der Waals surface area (Å²) in [5.41, 5.74) is 5.16. The molecule has 7 heteroatoms. The lowest BCUT2D eigenvalue weighted by Gasteiger charge is -2.15. The summed E-state index contributed by atoms with van der Waals surface area (Å²) >= 11 is 3.51. The fraction of sp³-hybridized carbons (Fsp3) is 0.185. The quantitative estimate of drug-likeness (QED) is 0.288. The van der Waals surface area contributed by atoms with Gasteiger partial charge in [-0.25, -0.2) is 4.98 Å². The summed E-state index contributed by atoms with van der Waals surface area (Å²) in [6.45, 7) is 3.86. The van der Waals surface area contributed by atoms with E-state index in [1.165, 1.54) is 0 Å². The highest BCUT2D eigenvalue weighted by molar-refractivity contribution is 9.10. The van der Waals surface area contributed by atoms with Crippen molar-refractivity contribution in [2.24, 2.45) is 0 Å². The van der Waals surface area contributed by atoms with E-state index < -0.39 is 5.97 Å². The van der Waals surface area contributed by atoms with E-state index in [0.29, 0.717) is 17.7 Å². The fourth-order valence-electron chi connectivity index (χ4n) is 3.95. The van der Waals surface area contributed by atoms with Gasteiger partial charge in [-0.2, -0.15) is 0 Å². The number of nitrogens with one attached hydrogen (secondary N) is 1. The van der Waals surface area contributed by atoms with Crippen LogP contribution in [0.15, 0.2) is 71.3 Å². The first-order chi connectivity index (χ1) is 16.3. The van der Waals surface area contributed by atoms with Crippen LogP contribution in [0.4, 0.5) is 5.69 Å². The normalized spacial score (nSPS) is 11.9. The average molecular weight is 518 g/mol. The summed E-state index contributed by atoms with van der Waals surface area (Å²) in [7, 11) is 0. The molecule has 0 saturated heterocycles. The van der Waals surface area contributed by atoms with Crippen LogP contribution in [-0.2, 0) is 4.79 Å². The molecule has 4 aromatic rings. The molecular weight excluding hydrogens is 494 g/mol. The van der Waals surface area contributed by atoms with Crippen LogP contribution in [0.2, 0.25) is 0 Å². The molecule has 2 aromatic carbocycles. The maximum absolute atomic E-state index is 13.5. The Kier molecular flexibility index (Phi) is 7.03. The van der Waals surface area contributed by atoms with Gasteiger partial charge < -0.3 is 10.4 Å². The second-order valence-electron chi connectivity index (χ2n) is 8.25. The number of benzene rings is 2. The molecule has 6 nitrogen and oxygen atoms in total. The molecule has 0 bridgehead atoms. The Morgan fingerprint density at radius 3 is 2.53 bits per heavy atom. The van der Waals surface area contributed by atoms with Crippen molar-refractivity contribution in [3.05, 3.63) is 88.2 Å². The maximum Gasteiger partial charge on any atom is 0.303 e. The first-order valence-electron chi connectivity index (χ1n) is 11.0. The smallest absolute Gasteiger partial charge is 0.303 e. The highest BCUT2D eigenvalue weighted by Gasteiger charge is 2.20. The Bertz CT molecular complexity index is 1360. The molecule has 0 aliphatic rings. The summed E-state index contributed by atoms with van der Waals surface area (Å²) in [6.07, 6.45) is 2.21.